The zero-order valence-electron chi connectivity index (χ0n) is 14.0. The molecule has 0 aliphatic carbocycles. The molecule has 1 aromatic carbocycles. The van der Waals surface area contributed by atoms with Crippen LogP contribution in [0, 0.1) is 0 Å². The molecule has 0 fully saturated rings. The number of benzene rings is 1. The third kappa shape index (κ3) is 3.35. The molecule has 0 aromatic heterocycles. The van der Waals surface area contributed by atoms with E-state index in [4.69, 9.17) is 0 Å². The highest BCUT2D eigenvalue weighted by Crippen LogP contribution is 2.50. The first-order valence-electron chi connectivity index (χ1n) is 7.38. The zero-order valence-corrected chi connectivity index (χ0v) is 16.5. The number of sulfone groups is 1. The average molecular weight is 424 g/mol. The van der Waals surface area contributed by atoms with E-state index >= 15 is 0 Å². The minimum absolute atomic E-state index is 0.0324. The lowest BCUT2D eigenvalue weighted by atomic mass is 10.1. The molecule has 140 valence electrons. The summed E-state index contributed by atoms with van der Waals surface area (Å²) >= 11 is 1.88. The molecule has 1 aromatic rings. The van der Waals surface area contributed by atoms with Crippen LogP contribution in [0.1, 0.15) is 10.4 Å². The van der Waals surface area contributed by atoms with Crippen LogP contribution < -0.4 is 0 Å². The summed E-state index contributed by atoms with van der Waals surface area (Å²) in [5.74, 6) is -2.01. The summed E-state index contributed by atoms with van der Waals surface area (Å²) in [5.41, 5.74) is 0.123. The molecule has 2 aliphatic rings. The van der Waals surface area contributed by atoms with Gasteiger partial charge >= 0.3 is 11.9 Å². The molecule has 3 rings (SSSR count). The number of ketones is 1. The fourth-order valence-corrected chi connectivity index (χ4v) is 6.23. The Balaban J connectivity index is 1.95. The van der Waals surface area contributed by atoms with E-state index in [1.807, 2.05) is 0 Å². The van der Waals surface area contributed by atoms with Gasteiger partial charge in [0.15, 0.2) is 0 Å². The summed E-state index contributed by atoms with van der Waals surface area (Å²) in [6.07, 6.45) is 2.56. The van der Waals surface area contributed by atoms with Gasteiger partial charge in [0, 0.05) is 5.56 Å². The topological polar surface area (TPSA) is 104 Å². The molecule has 27 heavy (non-hydrogen) atoms. The number of esters is 2. The molecule has 0 atom stereocenters. The van der Waals surface area contributed by atoms with Gasteiger partial charge in [-0.1, -0.05) is 35.7 Å². The van der Waals surface area contributed by atoms with Crippen molar-refractivity contribution >= 4 is 51.1 Å². The van der Waals surface area contributed by atoms with Gasteiger partial charge < -0.3 is 9.47 Å². The van der Waals surface area contributed by atoms with Gasteiger partial charge in [-0.15, -0.1) is 0 Å². The number of allylic oxidation sites excluding steroid dienone is 3. The van der Waals surface area contributed by atoms with Crippen molar-refractivity contribution in [2.45, 2.75) is 4.90 Å². The van der Waals surface area contributed by atoms with Gasteiger partial charge in [0.1, 0.15) is 14.7 Å². The van der Waals surface area contributed by atoms with Crippen LogP contribution in [0.2, 0.25) is 0 Å². The Morgan fingerprint density at radius 2 is 1.52 bits per heavy atom. The van der Waals surface area contributed by atoms with Gasteiger partial charge in [0.25, 0.3) is 0 Å². The van der Waals surface area contributed by atoms with E-state index in [1.165, 1.54) is 38.5 Å². The molecular weight excluding hydrogens is 412 g/mol. The van der Waals surface area contributed by atoms with E-state index in [0.29, 0.717) is 4.24 Å². The first-order chi connectivity index (χ1) is 12.8. The number of rotatable bonds is 3. The maximum atomic E-state index is 12.5. The number of hydrogen-bond donors (Lipinski definition) is 0. The second-order valence-electron chi connectivity index (χ2n) is 5.19. The number of fused-ring (bicyclic) bond motifs is 1. The van der Waals surface area contributed by atoms with Crippen molar-refractivity contribution in [3.05, 3.63) is 60.9 Å². The SMILES string of the molecule is COC(=O)C1=C(C(=O)OC)SC(=CC=C2C(=O)c3ccccc3S2(=O)=O)S1. The molecule has 0 unspecified atom stereocenters. The molecule has 0 saturated carbocycles. The van der Waals surface area contributed by atoms with E-state index in [0.717, 1.165) is 23.5 Å². The molecule has 2 aliphatic heterocycles. The van der Waals surface area contributed by atoms with Gasteiger partial charge in [-0.3, -0.25) is 4.79 Å². The minimum Gasteiger partial charge on any atom is -0.465 e. The van der Waals surface area contributed by atoms with Crippen LogP contribution >= 0.6 is 23.5 Å². The van der Waals surface area contributed by atoms with Crippen LogP contribution in [0.3, 0.4) is 0 Å². The summed E-state index contributed by atoms with van der Waals surface area (Å²) in [5, 5.41) is 0. The van der Waals surface area contributed by atoms with Crippen molar-refractivity contribution in [1.82, 2.24) is 0 Å². The lowest BCUT2D eigenvalue weighted by molar-refractivity contribution is -0.138. The third-order valence-corrected chi connectivity index (χ3v) is 7.95. The van der Waals surface area contributed by atoms with Crippen molar-refractivity contribution in [3.63, 3.8) is 0 Å². The van der Waals surface area contributed by atoms with Crippen LogP contribution in [0.5, 0.6) is 0 Å². The van der Waals surface area contributed by atoms with E-state index in [-0.39, 0.29) is 25.2 Å². The highest BCUT2D eigenvalue weighted by atomic mass is 32.2. The van der Waals surface area contributed by atoms with Gasteiger partial charge in [-0.05, 0) is 24.3 Å². The number of methoxy groups -OCH3 is 2. The van der Waals surface area contributed by atoms with Gasteiger partial charge in [0.2, 0.25) is 15.6 Å². The molecule has 0 N–H and O–H groups in total. The summed E-state index contributed by atoms with van der Waals surface area (Å²) in [4.78, 5) is 35.8. The zero-order chi connectivity index (χ0) is 19.8. The molecule has 7 nitrogen and oxygen atoms in total. The van der Waals surface area contributed by atoms with Crippen molar-refractivity contribution in [3.8, 4) is 0 Å². The highest BCUT2D eigenvalue weighted by Gasteiger charge is 2.38. The lowest BCUT2D eigenvalue weighted by Crippen LogP contribution is -2.08. The number of carbonyl (C=O) groups excluding carboxylic acids is 3. The fourth-order valence-electron chi connectivity index (χ4n) is 2.41. The van der Waals surface area contributed by atoms with Crippen LogP contribution in [-0.2, 0) is 28.9 Å². The van der Waals surface area contributed by atoms with E-state index in [2.05, 4.69) is 9.47 Å². The normalized spacial score (nSPS) is 19.3. The van der Waals surface area contributed by atoms with Crippen LogP contribution in [-0.4, -0.2) is 40.4 Å². The maximum Gasteiger partial charge on any atom is 0.346 e. The first kappa shape index (κ1) is 19.5. The van der Waals surface area contributed by atoms with E-state index in [9.17, 15) is 22.8 Å². The Bertz CT molecular complexity index is 1030. The van der Waals surface area contributed by atoms with Gasteiger partial charge in [0.05, 0.1) is 23.4 Å². The second kappa shape index (κ2) is 7.37. The summed E-state index contributed by atoms with van der Waals surface area (Å²) < 4.78 is 34.8. The van der Waals surface area contributed by atoms with Crippen molar-refractivity contribution in [2.24, 2.45) is 0 Å². The number of thioether (sulfide) groups is 2. The van der Waals surface area contributed by atoms with Crippen LogP contribution in [0.25, 0.3) is 0 Å². The summed E-state index contributed by atoms with van der Waals surface area (Å²) in [6, 6.07) is 5.96. The Hall–Kier alpha value is -2.30. The number of ether oxygens (including phenoxy) is 2. The Morgan fingerprint density at radius 3 is 2.04 bits per heavy atom. The third-order valence-electron chi connectivity index (χ3n) is 3.66. The molecule has 2 heterocycles. The second-order valence-corrected chi connectivity index (χ2v) is 9.44. The fraction of sp³-hybridized carbons (Fsp3) is 0.118. The van der Waals surface area contributed by atoms with Crippen molar-refractivity contribution < 1.29 is 32.3 Å². The quantitative estimate of drug-likeness (QED) is 0.534. The van der Waals surface area contributed by atoms with Crippen LogP contribution in [0.15, 0.2) is 60.3 Å². The lowest BCUT2D eigenvalue weighted by Gasteiger charge is -2.00. The highest BCUT2D eigenvalue weighted by molar-refractivity contribution is 8.29. The van der Waals surface area contributed by atoms with E-state index < -0.39 is 27.6 Å². The minimum atomic E-state index is -3.90. The van der Waals surface area contributed by atoms with E-state index in [1.54, 1.807) is 12.1 Å². The van der Waals surface area contributed by atoms with Crippen LogP contribution in [0.4, 0.5) is 0 Å². The Labute approximate surface area is 163 Å². The molecule has 0 bridgehead atoms. The predicted molar refractivity (Wildman–Crippen MR) is 100 cm³/mol. The predicted octanol–water partition coefficient (Wildman–Crippen LogP) is 2.42. The molecule has 0 radical (unpaired) electrons. The molecule has 0 saturated heterocycles. The molecule has 10 heteroatoms. The molecular formula is C17H12O7S3. The average Bonchev–Trinajstić information content (AvgIpc) is 3.17. The largest absolute Gasteiger partial charge is 0.465 e. The Morgan fingerprint density at radius 1 is 0.963 bits per heavy atom. The number of Topliss-reactive ketones (excluding diaryl/α,β-unsaturated/α-hetero) is 1. The van der Waals surface area contributed by atoms with Gasteiger partial charge in [-0.2, -0.15) is 0 Å². The Kier molecular flexibility index (Phi) is 5.31. The van der Waals surface area contributed by atoms with Crippen molar-refractivity contribution in [2.75, 3.05) is 14.2 Å². The number of hydrogen-bond acceptors (Lipinski definition) is 9. The van der Waals surface area contributed by atoms with Crippen molar-refractivity contribution in [1.29, 1.82) is 0 Å². The molecule has 0 spiro atoms. The van der Waals surface area contributed by atoms with Gasteiger partial charge in [-0.25, -0.2) is 18.0 Å². The number of carbonyl (C=O) groups is 3. The standard InChI is InChI=1S/C17H12O7S3/c1-23-16(19)14-15(17(20)24-2)26-12(25-14)8-7-11-13(18)9-5-3-4-6-10(9)27(11,21)22/h3-8H,1-2H3. The monoisotopic (exact) mass is 424 g/mol. The maximum absolute atomic E-state index is 12.5. The smallest absolute Gasteiger partial charge is 0.346 e. The summed E-state index contributed by atoms with van der Waals surface area (Å²) in [7, 11) is -1.54. The first-order valence-corrected chi connectivity index (χ1v) is 10.5. The summed E-state index contributed by atoms with van der Waals surface area (Å²) in [6.45, 7) is 0. The molecule has 0 amide bonds.